The molecule has 0 heterocycles. The van der Waals surface area contributed by atoms with Gasteiger partial charge in [0.1, 0.15) is 12.1 Å². The summed E-state index contributed by atoms with van der Waals surface area (Å²) < 4.78 is 0. The van der Waals surface area contributed by atoms with E-state index in [1.807, 2.05) is 0 Å². The molecule has 4 N–H and O–H groups in total. The van der Waals surface area contributed by atoms with Crippen LogP contribution in [0.1, 0.15) is 110 Å². The fourth-order valence-corrected chi connectivity index (χ4v) is 2.88. The first-order chi connectivity index (χ1) is 10.2. The monoisotopic (exact) mass is 335 g/mol. The molecule has 0 radical (unpaired) electrons. The average molecular weight is 336 g/mol. The Labute approximate surface area is 146 Å². The number of quaternary nitrogens is 1. The van der Waals surface area contributed by atoms with Gasteiger partial charge in [-0.1, -0.05) is 97.3 Å². The van der Waals surface area contributed by atoms with Crippen LogP contribution in [0.3, 0.4) is 0 Å². The van der Waals surface area contributed by atoms with Crippen LogP contribution < -0.4 is 18.1 Å². The number of hydrogen-bond donors (Lipinski definition) is 2. The number of halogens is 1. The molecule has 0 aliphatic carbocycles. The van der Waals surface area contributed by atoms with Gasteiger partial charge in [0.25, 0.3) is 0 Å². The minimum Gasteiger partial charge on any atom is -1.00 e. The summed E-state index contributed by atoms with van der Waals surface area (Å²) >= 11 is 0. The highest BCUT2D eigenvalue weighted by atomic mass is 35.5. The molecule has 3 heteroatoms. The van der Waals surface area contributed by atoms with Gasteiger partial charge < -0.3 is 23.2 Å². The van der Waals surface area contributed by atoms with Crippen molar-refractivity contribution < 1.29 is 23.2 Å². The second-order valence-electron chi connectivity index (χ2n) is 6.77. The molecular weight excluding hydrogens is 294 g/mol. The third kappa shape index (κ3) is 16.6. The molecule has 0 unspecified atom stereocenters. The Kier molecular flexibility index (Phi) is 21.4. The van der Waals surface area contributed by atoms with Crippen LogP contribution in [0.15, 0.2) is 0 Å². The smallest absolute Gasteiger partial charge is 0.110 e. The van der Waals surface area contributed by atoms with Gasteiger partial charge in [0, 0.05) is 0 Å². The van der Waals surface area contributed by atoms with Crippen LogP contribution in [0, 0.1) is 0 Å². The molecule has 0 aromatic rings. The van der Waals surface area contributed by atoms with Crippen LogP contribution in [0.5, 0.6) is 0 Å². The van der Waals surface area contributed by atoms with E-state index in [1.54, 1.807) is 0 Å². The second-order valence-corrected chi connectivity index (χ2v) is 6.77. The van der Waals surface area contributed by atoms with Gasteiger partial charge in [0.2, 0.25) is 0 Å². The molecule has 2 nitrogen and oxygen atoms in total. The van der Waals surface area contributed by atoms with Crippen LogP contribution >= 0.6 is 0 Å². The zero-order chi connectivity index (χ0) is 15.8. The van der Waals surface area contributed by atoms with Crippen LogP contribution in [0.4, 0.5) is 0 Å². The van der Waals surface area contributed by atoms with Crippen molar-refractivity contribution in [2.75, 3.05) is 0 Å². The van der Waals surface area contributed by atoms with Gasteiger partial charge in [-0.05, 0) is 12.8 Å². The van der Waals surface area contributed by atoms with Crippen molar-refractivity contribution in [1.29, 1.82) is 0 Å². The summed E-state index contributed by atoms with van der Waals surface area (Å²) in [6.07, 6.45) is 19.7. The van der Waals surface area contributed by atoms with Crippen molar-refractivity contribution in [1.82, 2.24) is 0 Å². The second kappa shape index (κ2) is 19.3. The lowest BCUT2D eigenvalue weighted by atomic mass is 10.0. The Morgan fingerprint density at radius 2 is 1.05 bits per heavy atom. The largest absolute Gasteiger partial charge is 1.00 e. The van der Waals surface area contributed by atoms with E-state index in [4.69, 9.17) is 0 Å². The topological polar surface area (TPSA) is 47.9 Å². The van der Waals surface area contributed by atoms with E-state index in [2.05, 4.69) is 19.6 Å². The fraction of sp³-hybridized carbons (Fsp3) is 1.00. The lowest BCUT2D eigenvalue weighted by Crippen LogP contribution is -3.00. The van der Waals surface area contributed by atoms with Crippen molar-refractivity contribution in [2.24, 2.45) is 0 Å². The molecule has 22 heavy (non-hydrogen) atoms. The molecule has 136 valence electrons. The van der Waals surface area contributed by atoms with Crippen molar-refractivity contribution in [3.63, 3.8) is 0 Å². The molecule has 0 saturated carbocycles. The Hall–Kier alpha value is 0.210. The van der Waals surface area contributed by atoms with Gasteiger partial charge in [0.05, 0.1) is 0 Å². The molecule has 0 fully saturated rings. The molecule has 0 aromatic heterocycles. The van der Waals surface area contributed by atoms with Gasteiger partial charge >= 0.3 is 0 Å². The summed E-state index contributed by atoms with van der Waals surface area (Å²) in [5, 5.41) is 9.83. The standard InChI is InChI=1S/C19H41NO.ClH/c1-3-5-6-7-8-9-10-11-12-13-14-15-16-17-19(21)18(20)4-2;/h18-19,21H,3-17,20H2,1-2H3;1H/t18-,19+;/m0./s1. The fourth-order valence-electron chi connectivity index (χ4n) is 2.88. The summed E-state index contributed by atoms with van der Waals surface area (Å²) in [5.74, 6) is 0. The van der Waals surface area contributed by atoms with Crippen molar-refractivity contribution in [2.45, 2.75) is 122 Å². The number of unbranched alkanes of at least 4 members (excludes halogenated alkanes) is 12. The minimum absolute atomic E-state index is 0. The Bertz CT molecular complexity index is 202. The molecule has 0 aromatic carbocycles. The Morgan fingerprint density at radius 1 is 0.682 bits per heavy atom. The predicted octanol–water partition coefficient (Wildman–Crippen LogP) is 1.85. The number of hydrogen-bond acceptors (Lipinski definition) is 1. The van der Waals surface area contributed by atoms with Gasteiger partial charge in [-0.15, -0.1) is 0 Å². The number of aliphatic hydroxyl groups is 1. The summed E-state index contributed by atoms with van der Waals surface area (Å²) in [5.41, 5.74) is 3.99. The number of rotatable bonds is 16. The average Bonchev–Trinajstić information content (AvgIpc) is 2.50. The maximum Gasteiger partial charge on any atom is 0.110 e. The maximum atomic E-state index is 9.83. The van der Waals surface area contributed by atoms with E-state index in [0.717, 1.165) is 12.8 Å². The third-order valence-corrected chi connectivity index (χ3v) is 4.67. The molecule has 0 bridgehead atoms. The minimum atomic E-state index is -0.178. The summed E-state index contributed by atoms with van der Waals surface area (Å²) in [4.78, 5) is 0. The first-order valence-corrected chi connectivity index (χ1v) is 9.73. The SMILES string of the molecule is CCCCCCCCCCCCCCC[C@@H](O)[C@@H]([NH3+])CC.[Cl-]. The summed E-state index contributed by atoms with van der Waals surface area (Å²) in [6.45, 7) is 4.38. The lowest BCUT2D eigenvalue weighted by Gasteiger charge is -2.13. The summed E-state index contributed by atoms with van der Waals surface area (Å²) in [6, 6.07) is 0.224. The molecule has 2 atom stereocenters. The highest BCUT2D eigenvalue weighted by molar-refractivity contribution is 4.63. The van der Waals surface area contributed by atoms with Gasteiger partial charge in [-0.2, -0.15) is 0 Å². The molecule has 0 spiro atoms. The first-order valence-electron chi connectivity index (χ1n) is 9.73. The zero-order valence-electron chi connectivity index (χ0n) is 15.3. The molecule has 0 saturated heterocycles. The van der Waals surface area contributed by atoms with Crippen LogP contribution in [0.25, 0.3) is 0 Å². The van der Waals surface area contributed by atoms with E-state index >= 15 is 0 Å². The molecule has 0 aliphatic rings. The van der Waals surface area contributed by atoms with Gasteiger partial charge in [0.15, 0.2) is 0 Å². The molecule has 0 rings (SSSR count). The maximum absolute atomic E-state index is 9.83. The molecule has 0 aliphatic heterocycles. The molecule has 0 amide bonds. The predicted molar refractivity (Wildman–Crippen MR) is 93.3 cm³/mol. The first kappa shape index (κ1) is 24.5. The van der Waals surface area contributed by atoms with Crippen LogP contribution in [-0.4, -0.2) is 17.3 Å². The van der Waals surface area contributed by atoms with Crippen LogP contribution in [0.2, 0.25) is 0 Å². The Balaban J connectivity index is 0. The van der Waals surface area contributed by atoms with Gasteiger partial charge in [-0.3, -0.25) is 0 Å². The lowest BCUT2D eigenvalue weighted by molar-refractivity contribution is -0.438. The van der Waals surface area contributed by atoms with E-state index in [0.29, 0.717) is 0 Å². The Morgan fingerprint density at radius 3 is 1.41 bits per heavy atom. The normalized spacial score (nSPS) is 13.6. The van der Waals surface area contributed by atoms with Crippen molar-refractivity contribution >= 4 is 0 Å². The van der Waals surface area contributed by atoms with Crippen molar-refractivity contribution in [3.8, 4) is 0 Å². The van der Waals surface area contributed by atoms with Crippen molar-refractivity contribution in [3.05, 3.63) is 0 Å². The summed E-state index contributed by atoms with van der Waals surface area (Å²) in [7, 11) is 0. The number of aliphatic hydroxyl groups excluding tert-OH is 1. The quantitative estimate of drug-likeness (QED) is 0.415. The third-order valence-electron chi connectivity index (χ3n) is 4.67. The van der Waals surface area contributed by atoms with Crippen LogP contribution in [-0.2, 0) is 0 Å². The highest BCUT2D eigenvalue weighted by Crippen LogP contribution is 2.13. The van der Waals surface area contributed by atoms with E-state index in [9.17, 15) is 5.11 Å². The molecular formula is C19H42ClNO. The van der Waals surface area contributed by atoms with E-state index < -0.39 is 0 Å². The van der Waals surface area contributed by atoms with E-state index in [1.165, 1.54) is 83.5 Å². The van der Waals surface area contributed by atoms with Gasteiger partial charge in [-0.25, -0.2) is 0 Å². The zero-order valence-corrected chi connectivity index (χ0v) is 16.0. The van der Waals surface area contributed by atoms with E-state index in [-0.39, 0.29) is 24.6 Å². The highest BCUT2D eigenvalue weighted by Gasteiger charge is 2.14.